The first-order valence-electron chi connectivity index (χ1n) is 14.6. The van der Waals surface area contributed by atoms with Crippen LogP contribution < -0.4 is 4.74 Å². The molecule has 224 valence electrons. The van der Waals surface area contributed by atoms with E-state index in [1.807, 2.05) is 47.4 Å². The second-order valence-electron chi connectivity index (χ2n) is 11.4. The number of benzene rings is 3. The minimum atomic E-state index is -3.23. The highest BCUT2D eigenvalue weighted by atomic mass is 32.2. The number of amides is 1. The lowest BCUT2D eigenvalue weighted by Gasteiger charge is -2.33. The molecule has 0 saturated carbocycles. The second kappa shape index (κ2) is 12.3. The quantitative estimate of drug-likeness (QED) is 0.280. The van der Waals surface area contributed by atoms with E-state index in [-0.39, 0.29) is 23.7 Å². The monoisotopic (exact) mass is 602 g/mol. The summed E-state index contributed by atoms with van der Waals surface area (Å²) >= 11 is 0. The van der Waals surface area contributed by atoms with Crippen molar-refractivity contribution in [3.05, 3.63) is 108 Å². The molecule has 2 saturated heterocycles. The largest absolute Gasteiger partial charge is 0.489 e. The van der Waals surface area contributed by atoms with Crippen LogP contribution in [0, 0.1) is 5.82 Å². The maximum absolute atomic E-state index is 13.9. The summed E-state index contributed by atoms with van der Waals surface area (Å²) in [6.07, 6.45) is 5.20. The fourth-order valence-electron chi connectivity index (χ4n) is 6.04. The molecular formula is C33H35FN4O4S. The Labute approximate surface area is 251 Å². The van der Waals surface area contributed by atoms with Gasteiger partial charge < -0.3 is 9.64 Å². The topological polar surface area (TPSA) is 84.7 Å². The number of piperidine rings is 1. The number of likely N-dealkylation sites (tertiary alicyclic amines) is 2. The third-order valence-electron chi connectivity index (χ3n) is 8.32. The van der Waals surface area contributed by atoms with Crippen LogP contribution in [-0.2, 0) is 16.4 Å². The molecule has 1 unspecified atom stereocenters. The van der Waals surface area contributed by atoms with Crippen LogP contribution in [0.1, 0.15) is 46.8 Å². The zero-order valence-corrected chi connectivity index (χ0v) is 24.9. The van der Waals surface area contributed by atoms with Gasteiger partial charge >= 0.3 is 0 Å². The average Bonchev–Trinajstić information content (AvgIpc) is 3.66. The Balaban J connectivity index is 1.18. The van der Waals surface area contributed by atoms with Crippen LogP contribution in [0.4, 0.5) is 4.39 Å². The van der Waals surface area contributed by atoms with E-state index in [9.17, 15) is 17.6 Å². The smallest absolute Gasteiger partial charge is 0.257 e. The van der Waals surface area contributed by atoms with Crippen molar-refractivity contribution in [2.45, 2.75) is 42.7 Å². The standard InChI is InChI=1S/C33H35FN4O4S/c1-43(40,41)30-13-7-24(8-14-30)22-36-18-15-25(16-19-36)32-31(21-35-38(32)27-11-9-26(34)10-12-27)33(39)37-20-17-29(23-37)42-28-5-3-2-4-6-28/h2-14,21,25,29H,15-20,22-23H2,1H3. The Kier molecular flexibility index (Phi) is 8.32. The third-order valence-corrected chi connectivity index (χ3v) is 9.45. The van der Waals surface area contributed by atoms with E-state index in [0.717, 1.165) is 61.6 Å². The number of ether oxygens (including phenoxy) is 1. The molecule has 1 aromatic heterocycles. The van der Waals surface area contributed by atoms with Gasteiger partial charge in [-0.1, -0.05) is 30.3 Å². The molecule has 2 aliphatic heterocycles. The zero-order valence-electron chi connectivity index (χ0n) is 24.1. The molecule has 8 nitrogen and oxygen atoms in total. The number of hydrogen-bond donors (Lipinski definition) is 0. The van der Waals surface area contributed by atoms with Crippen LogP contribution in [0.5, 0.6) is 5.75 Å². The Bertz CT molecular complexity index is 1670. The van der Waals surface area contributed by atoms with Gasteiger partial charge in [0.25, 0.3) is 5.91 Å². The molecule has 1 atom stereocenters. The number of aromatic nitrogens is 2. The number of carbonyl (C=O) groups is 1. The van der Waals surface area contributed by atoms with Crippen molar-refractivity contribution >= 4 is 15.7 Å². The fourth-order valence-corrected chi connectivity index (χ4v) is 6.67. The summed E-state index contributed by atoms with van der Waals surface area (Å²) in [5.74, 6) is 0.503. The predicted molar refractivity (Wildman–Crippen MR) is 162 cm³/mol. The summed E-state index contributed by atoms with van der Waals surface area (Å²) in [5, 5.41) is 4.64. The normalized spacial score (nSPS) is 18.2. The van der Waals surface area contributed by atoms with Crippen molar-refractivity contribution < 1.29 is 22.3 Å². The number of nitrogens with zero attached hydrogens (tertiary/aromatic N) is 4. The first-order valence-corrected chi connectivity index (χ1v) is 16.5. The van der Waals surface area contributed by atoms with Gasteiger partial charge in [0, 0.05) is 31.7 Å². The van der Waals surface area contributed by atoms with Gasteiger partial charge in [-0.25, -0.2) is 17.5 Å². The van der Waals surface area contributed by atoms with Gasteiger partial charge in [-0.15, -0.1) is 0 Å². The van der Waals surface area contributed by atoms with Crippen molar-refractivity contribution in [3.63, 3.8) is 0 Å². The number of rotatable bonds is 8. The lowest BCUT2D eigenvalue weighted by molar-refractivity contribution is 0.0769. The van der Waals surface area contributed by atoms with Crippen LogP contribution in [-0.4, -0.2) is 72.4 Å². The lowest BCUT2D eigenvalue weighted by atomic mass is 9.90. The molecule has 3 aromatic carbocycles. The first-order chi connectivity index (χ1) is 20.7. The van der Waals surface area contributed by atoms with Gasteiger partial charge in [-0.05, 0) is 80.0 Å². The minimum absolute atomic E-state index is 0.0593. The van der Waals surface area contributed by atoms with Crippen molar-refractivity contribution in [3.8, 4) is 11.4 Å². The molecule has 3 heterocycles. The van der Waals surface area contributed by atoms with Crippen molar-refractivity contribution in [1.82, 2.24) is 19.6 Å². The van der Waals surface area contributed by atoms with E-state index in [1.54, 1.807) is 35.1 Å². The molecule has 2 fully saturated rings. The van der Waals surface area contributed by atoms with Crippen LogP contribution in [0.15, 0.2) is 90.0 Å². The molecule has 1 amide bonds. The van der Waals surface area contributed by atoms with Gasteiger partial charge in [-0.2, -0.15) is 5.10 Å². The molecule has 0 spiro atoms. The summed E-state index contributed by atoms with van der Waals surface area (Å²) in [7, 11) is -3.23. The Morgan fingerprint density at radius 2 is 1.63 bits per heavy atom. The summed E-state index contributed by atoms with van der Waals surface area (Å²) in [6.45, 7) is 3.46. The summed E-state index contributed by atoms with van der Waals surface area (Å²) in [6, 6.07) is 22.9. The first kappa shape index (κ1) is 29.1. The van der Waals surface area contributed by atoms with E-state index in [0.29, 0.717) is 23.5 Å². The molecule has 0 N–H and O–H groups in total. The Morgan fingerprint density at radius 3 is 2.30 bits per heavy atom. The molecule has 0 bridgehead atoms. The molecule has 43 heavy (non-hydrogen) atoms. The SMILES string of the molecule is CS(=O)(=O)c1ccc(CN2CCC(c3c(C(=O)N4CCC(Oc5ccccc5)C4)cnn3-c3ccc(F)cc3)CC2)cc1. The van der Waals surface area contributed by atoms with Crippen LogP contribution in [0.25, 0.3) is 5.69 Å². The summed E-state index contributed by atoms with van der Waals surface area (Å²) in [5.41, 5.74) is 3.22. The highest BCUT2D eigenvalue weighted by Gasteiger charge is 2.34. The maximum Gasteiger partial charge on any atom is 0.257 e. The van der Waals surface area contributed by atoms with Crippen molar-refractivity contribution in [2.24, 2.45) is 0 Å². The van der Waals surface area contributed by atoms with Crippen LogP contribution in [0.2, 0.25) is 0 Å². The van der Waals surface area contributed by atoms with E-state index >= 15 is 0 Å². The van der Waals surface area contributed by atoms with Crippen molar-refractivity contribution in [1.29, 1.82) is 0 Å². The average molecular weight is 603 g/mol. The second-order valence-corrected chi connectivity index (χ2v) is 13.4. The Morgan fingerprint density at radius 1 is 0.930 bits per heavy atom. The number of hydrogen-bond acceptors (Lipinski definition) is 6. The summed E-state index contributed by atoms with van der Waals surface area (Å²) < 4.78 is 45.3. The highest BCUT2D eigenvalue weighted by Crippen LogP contribution is 2.34. The molecule has 4 aromatic rings. The third kappa shape index (κ3) is 6.65. The van der Waals surface area contributed by atoms with Gasteiger partial charge in [-0.3, -0.25) is 9.69 Å². The van der Waals surface area contributed by atoms with E-state index in [1.165, 1.54) is 18.4 Å². The molecule has 0 aliphatic carbocycles. The van der Waals surface area contributed by atoms with Crippen LogP contribution >= 0.6 is 0 Å². The van der Waals surface area contributed by atoms with E-state index in [4.69, 9.17) is 4.74 Å². The lowest BCUT2D eigenvalue weighted by Crippen LogP contribution is -2.35. The molecule has 2 aliphatic rings. The fraction of sp³-hybridized carbons (Fsp3) is 0.333. The van der Waals surface area contributed by atoms with Gasteiger partial charge in [0.05, 0.1) is 34.6 Å². The van der Waals surface area contributed by atoms with Crippen LogP contribution in [0.3, 0.4) is 0 Å². The van der Waals surface area contributed by atoms with E-state index in [2.05, 4.69) is 10.00 Å². The minimum Gasteiger partial charge on any atom is -0.489 e. The number of sulfone groups is 1. The molecule has 0 radical (unpaired) electrons. The highest BCUT2D eigenvalue weighted by molar-refractivity contribution is 7.90. The summed E-state index contributed by atoms with van der Waals surface area (Å²) in [4.78, 5) is 18.4. The number of halogens is 1. The van der Waals surface area contributed by atoms with Gasteiger partial charge in [0.15, 0.2) is 9.84 Å². The van der Waals surface area contributed by atoms with Gasteiger partial charge in [0.1, 0.15) is 17.7 Å². The number of carbonyl (C=O) groups excluding carboxylic acids is 1. The van der Waals surface area contributed by atoms with Gasteiger partial charge in [0.2, 0.25) is 0 Å². The number of para-hydroxylation sites is 1. The molecule has 6 rings (SSSR count). The molecule has 10 heteroatoms. The van der Waals surface area contributed by atoms with Crippen molar-refractivity contribution in [2.75, 3.05) is 32.4 Å². The van der Waals surface area contributed by atoms with E-state index < -0.39 is 9.84 Å². The maximum atomic E-state index is 13.9. The predicted octanol–water partition coefficient (Wildman–Crippen LogP) is 5.09. The molecular weight excluding hydrogens is 567 g/mol. The zero-order chi connectivity index (χ0) is 30.0. The Hall–Kier alpha value is -4.02.